The van der Waals surface area contributed by atoms with Crippen molar-refractivity contribution in [2.24, 2.45) is 0 Å². The third kappa shape index (κ3) is 4.80. The SMILES string of the molecule is O=C(C[C@@H]1CCCCN1S(=O)(=O)c1ccc(F)cc1)NCCc1c[nH]c2ccccc12. The molecule has 164 valence electrons. The van der Waals surface area contributed by atoms with Crippen molar-refractivity contribution in [2.45, 2.75) is 43.0 Å². The number of aromatic nitrogens is 1. The number of para-hydroxylation sites is 1. The fourth-order valence-corrected chi connectivity index (χ4v) is 5.89. The lowest BCUT2D eigenvalue weighted by Crippen LogP contribution is -2.46. The zero-order valence-corrected chi connectivity index (χ0v) is 18.0. The molecule has 0 bridgehead atoms. The number of sulfonamides is 1. The number of hydrogen-bond donors (Lipinski definition) is 2. The predicted octanol–water partition coefficient (Wildman–Crippen LogP) is 3.60. The van der Waals surface area contributed by atoms with E-state index in [0.29, 0.717) is 25.9 Å². The monoisotopic (exact) mass is 443 g/mol. The van der Waals surface area contributed by atoms with E-state index in [1.54, 1.807) is 0 Å². The van der Waals surface area contributed by atoms with Crippen molar-refractivity contribution in [1.82, 2.24) is 14.6 Å². The predicted molar refractivity (Wildman–Crippen MR) is 118 cm³/mol. The Morgan fingerprint density at radius 2 is 1.90 bits per heavy atom. The summed E-state index contributed by atoms with van der Waals surface area (Å²) >= 11 is 0. The molecule has 0 unspecified atom stereocenters. The molecule has 1 atom stereocenters. The number of aromatic amines is 1. The van der Waals surface area contributed by atoms with Gasteiger partial charge in [-0.2, -0.15) is 4.31 Å². The zero-order chi connectivity index (χ0) is 21.8. The molecule has 4 rings (SSSR count). The van der Waals surface area contributed by atoms with Crippen molar-refractivity contribution in [2.75, 3.05) is 13.1 Å². The molecule has 2 heterocycles. The second-order valence-corrected chi connectivity index (χ2v) is 9.77. The van der Waals surface area contributed by atoms with Crippen LogP contribution in [0.25, 0.3) is 10.9 Å². The third-order valence-electron chi connectivity index (χ3n) is 5.81. The van der Waals surface area contributed by atoms with Gasteiger partial charge in [0, 0.05) is 42.7 Å². The van der Waals surface area contributed by atoms with E-state index in [-0.39, 0.29) is 17.2 Å². The molecular formula is C23H26FN3O3S. The van der Waals surface area contributed by atoms with Crippen LogP contribution in [0, 0.1) is 5.82 Å². The summed E-state index contributed by atoms with van der Waals surface area (Å²) in [5.74, 6) is -0.644. The number of nitrogens with zero attached hydrogens (tertiary/aromatic N) is 1. The van der Waals surface area contributed by atoms with Crippen LogP contribution in [0.4, 0.5) is 4.39 Å². The van der Waals surface area contributed by atoms with E-state index in [2.05, 4.69) is 10.3 Å². The van der Waals surface area contributed by atoms with E-state index in [1.807, 2.05) is 30.5 Å². The maximum atomic E-state index is 13.2. The van der Waals surface area contributed by atoms with Crippen LogP contribution in [0.2, 0.25) is 0 Å². The molecule has 6 nitrogen and oxygen atoms in total. The second kappa shape index (κ2) is 9.20. The summed E-state index contributed by atoms with van der Waals surface area (Å²) in [5.41, 5.74) is 2.20. The van der Waals surface area contributed by atoms with Gasteiger partial charge in [0.25, 0.3) is 0 Å². The molecule has 31 heavy (non-hydrogen) atoms. The van der Waals surface area contributed by atoms with Crippen LogP contribution in [0.1, 0.15) is 31.2 Å². The first-order chi connectivity index (χ1) is 14.9. The van der Waals surface area contributed by atoms with Gasteiger partial charge in [-0.1, -0.05) is 24.6 Å². The van der Waals surface area contributed by atoms with E-state index in [0.717, 1.165) is 41.4 Å². The molecule has 1 amide bonds. The Labute approximate surface area is 181 Å². The van der Waals surface area contributed by atoms with Gasteiger partial charge in [0.2, 0.25) is 15.9 Å². The Morgan fingerprint density at radius 1 is 1.13 bits per heavy atom. The Hall–Kier alpha value is -2.71. The number of nitrogens with one attached hydrogen (secondary N) is 2. The lowest BCUT2D eigenvalue weighted by atomic mass is 10.0. The minimum atomic E-state index is -3.77. The summed E-state index contributed by atoms with van der Waals surface area (Å²) in [6, 6.07) is 12.5. The summed E-state index contributed by atoms with van der Waals surface area (Å²) in [5, 5.41) is 4.07. The molecule has 1 fully saturated rings. The van der Waals surface area contributed by atoms with Crippen molar-refractivity contribution < 1.29 is 17.6 Å². The number of benzene rings is 2. The molecule has 1 aliphatic rings. The van der Waals surface area contributed by atoms with Gasteiger partial charge in [-0.25, -0.2) is 12.8 Å². The van der Waals surface area contributed by atoms with Crippen molar-refractivity contribution in [3.05, 3.63) is 66.1 Å². The van der Waals surface area contributed by atoms with Gasteiger partial charge in [-0.3, -0.25) is 4.79 Å². The molecule has 0 spiro atoms. The number of piperidine rings is 1. The number of H-pyrrole nitrogens is 1. The maximum Gasteiger partial charge on any atom is 0.243 e. The van der Waals surface area contributed by atoms with Crippen LogP contribution in [-0.2, 0) is 21.2 Å². The highest BCUT2D eigenvalue weighted by molar-refractivity contribution is 7.89. The standard InChI is InChI=1S/C23H26FN3O3S/c24-18-8-10-20(11-9-18)31(29,30)27-14-4-3-5-19(27)15-23(28)25-13-12-17-16-26-22-7-2-1-6-21(17)22/h1-2,6-11,16,19,26H,3-5,12-15H2,(H,25,28)/t19-/m0/s1. The van der Waals surface area contributed by atoms with E-state index in [1.165, 1.54) is 16.4 Å². The molecule has 0 saturated carbocycles. The van der Waals surface area contributed by atoms with Gasteiger partial charge in [-0.15, -0.1) is 0 Å². The zero-order valence-electron chi connectivity index (χ0n) is 17.2. The van der Waals surface area contributed by atoms with Crippen LogP contribution >= 0.6 is 0 Å². The Morgan fingerprint density at radius 3 is 2.71 bits per heavy atom. The van der Waals surface area contributed by atoms with Gasteiger partial charge in [0.1, 0.15) is 5.82 Å². The van der Waals surface area contributed by atoms with Gasteiger partial charge >= 0.3 is 0 Å². The number of fused-ring (bicyclic) bond motifs is 1. The van der Waals surface area contributed by atoms with Gasteiger partial charge in [0.15, 0.2) is 0 Å². The average Bonchev–Trinajstić information content (AvgIpc) is 3.17. The fraction of sp³-hybridized carbons (Fsp3) is 0.348. The highest BCUT2D eigenvalue weighted by atomic mass is 32.2. The van der Waals surface area contributed by atoms with Crippen molar-refractivity contribution in [3.8, 4) is 0 Å². The highest BCUT2D eigenvalue weighted by Crippen LogP contribution is 2.27. The Kier molecular flexibility index (Phi) is 6.38. The number of hydrogen-bond acceptors (Lipinski definition) is 3. The van der Waals surface area contributed by atoms with Gasteiger partial charge in [0.05, 0.1) is 4.90 Å². The minimum Gasteiger partial charge on any atom is -0.361 e. The fourth-order valence-electron chi connectivity index (χ4n) is 4.20. The first kappa shape index (κ1) is 21.5. The molecule has 0 radical (unpaired) electrons. The Bertz CT molecular complexity index is 1160. The van der Waals surface area contributed by atoms with Crippen molar-refractivity contribution in [1.29, 1.82) is 0 Å². The smallest absolute Gasteiger partial charge is 0.243 e. The van der Waals surface area contributed by atoms with Crippen LogP contribution in [-0.4, -0.2) is 42.7 Å². The number of amides is 1. The van der Waals surface area contributed by atoms with E-state index in [9.17, 15) is 17.6 Å². The summed E-state index contributed by atoms with van der Waals surface area (Å²) in [7, 11) is -3.77. The molecule has 1 aromatic heterocycles. The Balaban J connectivity index is 1.37. The molecule has 2 N–H and O–H groups in total. The summed E-state index contributed by atoms with van der Waals surface area (Å²) < 4.78 is 40.7. The van der Waals surface area contributed by atoms with Crippen LogP contribution < -0.4 is 5.32 Å². The van der Waals surface area contributed by atoms with Crippen LogP contribution in [0.5, 0.6) is 0 Å². The quantitative estimate of drug-likeness (QED) is 0.585. The molecule has 0 aliphatic carbocycles. The second-order valence-electron chi connectivity index (χ2n) is 7.88. The van der Waals surface area contributed by atoms with Crippen molar-refractivity contribution in [3.63, 3.8) is 0 Å². The molecule has 1 aliphatic heterocycles. The van der Waals surface area contributed by atoms with Gasteiger partial charge < -0.3 is 10.3 Å². The molecular weight excluding hydrogens is 417 g/mol. The van der Waals surface area contributed by atoms with E-state index < -0.39 is 21.9 Å². The van der Waals surface area contributed by atoms with E-state index in [4.69, 9.17) is 0 Å². The number of carbonyl (C=O) groups is 1. The lowest BCUT2D eigenvalue weighted by molar-refractivity contribution is -0.122. The summed E-state index contributed by atoms with van der Waals surface area (Å²) in [6.45, 7) is 0.852. The average molecular weight is 444 g/mol. The molecule has 2 aromatic carbocycles. The van der Waals surface area contributed by atoms with Crippen molar-refractivity contribution >= 4 is 26.8 Å². The largest absolute Gasteiger partial charge is 0.361 e. The van der Waals surface area contributed by atoms with Crippen LogP contribution in [0.3, 0.4) is 0 Å². The first-order valence-electron chi connectivity index (χ1n) is 10.5. The summed E-state index contributed by atoms with van der Waals surface area (Å²) in [6.07, 6.45) is 5.03. The molecule has 3 aromatic rings. The van der Waals surface area contributed by atoms with Gasteiger partial charge in [-0.05, 0) is 55.2 Å². The minimum absolute atomic E-state index is 0.0561. The number of rotatable bonds is 7. The number of carbonyl (C=O) groups excluding carboxylic acids is 1. The third-order valence-corrected chi connectivity index (χ3v) is 7.77. The maximum absolute atomic E-state index is 13.2. The first-order valence-corrected chi connectivity index (χ1v) is 12.0. The number of halogens is 1. The normalized spacial score (nSPS) is 17.6. The van der Waals surface area contributed by atoms with Crippen LogP contribution in [0.15, 0.2) is 59.6 Å². The molecule has 8 heteroatoms. The summed E-state index contributed by atoms with van der Waals surface area (Å²) in [4.78, 5) is 15.8. The lowest BCUT2D eigenvalue weighted by Gasteiger charge is -2.34. The highest BCUT2D eigenvalue weighted by Gasteiger charge is 2.34. The van der Waals surface area contributed by atoms with E-state index >= 15 is 0 Å². The molecule has 1 saturated heterocycles. The topological polar surface area (TPSA) is 82.3 Å².